The Kier molecular flexibility index (Phi) is 7.76. The lowest BCUT2D eigenvalue weighted by Gasteiger charge is -2.10. The number of benzene rings is 2. The van der Waals surface area contributed by atoms with E-state index in [1.807, 2.05) is 0 Å². The van der Waals surface area contributed by atoms with Crippen molar-refractivity contribution in [3.05, 3.63) is 59.7 Å². The standard InChI is InChI=1S/C18H12N2O8S2/c19-11-27-16-8-6-14(18(10-16)30(24,25)26)4-2-1-3-13-5-7-15(20-12-21)9-17(13)28-29(22)23/h1-10H,(H,22,23)(H,24,25,26)/p-1/b3-1+,4-2+. The van der Waals surface area contributed by atoms with Gasteiger partial charge in [-0.25, -0.2) is 9.00 Å². The highest BCUT2D eigenvalue weighted by Gasteiger charge is 2.15. The third kappa shape index (κ3) is 6.49. The Morgan fingerprint density at radius 3 is 2.40 bits per heavy atom. The second-order valence-electron chi connectivity index (χ2n) is 5.30. The van der Waals surface area contributed by atoms with Gasteiger partial charge in [0.25, 0.3) is 16.4 Å². The van der Waals surface area contributed by atoms with E-state index < -0.39 is 26.4 Å². The van der Waals surface area contributed by atoms with Crippen molar-refractivity contribution < 1.29 is 35.4 Å². The predicted octanol–water partition coefficient (Wildman–Crippen LogP) is 2.66. The first-order valence-corrected chi connectivity index (χ1v) is 10.2. The number of aliphatic imine (C=N–C) groups is 1. The molecular weight excluding hydrogens is 436 g/mol. The number of hydrogen-bond acceptors (Lipinski definition) is 9. The molecule has 1 atom stereocenters. The topological polar surface area (TPSA) is 166 Å². The third-order valence-electron chi connectivity index (χ3n) is 3.42. The van der Waals surface area contributed by atoms with Gasteiger partial charge in [-0.15, -0.1) is 5.26 Å². The lowest BCUT2D eigenvalue weighted by atomic mass is 10.1. The zero-order valence-corrected chi connectivity index (χ0v) is 16.4. The van der Waals surface area contributed by atoms with Crippen LogP contribution in [-0.4, -0.2) is 27.8 Å². The van der Waals surface area contributed by atoms with Gasteiger partial charge < -0.3 is 13.5 Å². The maximum atomic E-state index is 11.6. The second kappa shape index (κ2) is 10.3. The van der Waals surface area contributed by atoms with Crippen LogP contribution in [0.3, 0.4) is 0 Å². The van der Waals surface area contributed by atoms with Gasteiger partial charge >= 0.3 is 0 Å². The molecule has 0 saturated heterocycles. The van der Waals surface area contributed by atoms with E-state index >= 15 is 0 Å². The summed E-state index contributed by atoms with van der Waals surface area (Å²) < 4.78 is 63.3. The Morgan fingerprint density at radius 2 is 1.80 bits per heavy atom. The summed E-state index contributed by atoms with van der Waals surface area (Å²) in [6.45, 7) is 0. The summed E-state index contributed by atoms with van der Waals surface area (Å²) in [5, 5.41) is 8.51. The quantitative estimate of drug-likeness (QED) is 0.160. The molecule has 1 N–H and O–H groups in total. The molecule has 30 heavy (non-hydrogen) atoms. The predicted molar refractivity (Wildman–Crippen MR) is 104 cm³/mol. The van der Waals surface area contributed by atoms with E-state index in [9.17, 15) is 26.5 Å². The maximum Gasteiger partial charge on any atom is 0.295 e. The maximum absolute atomic E-state index is 11.6. The van der Waals surface area contributed by atoms with Crippen LogP contribution in [0.25, 0.3) is 12.2 Å². The van der Waals surface area contributed by atoms with Crippen molar-refractivity contribution in [3.63, 3.8) is 0 Å². The Hall–Kier alpha value is -3.59. The zero-order chi connectivity index (χ0) is 22.1. The molecule has 10 nitrogen and oxygen atoms in total. The first-order valence-electron chi connectivity index (χ1n) is 7.76. The van der Waals surface area contributed by atoms with Gasteiger partial charge in [-0.1, -0.05) is 24.3 Å². The number of hydrogen-bond donors (Lipinski definition) is 1. The molecular formula is C18H11N2O8S2-. The number of allylic oxidation sites excluding steroid dienone is 2. The monoisotopic (exact) mass is 447 g/mol. The summed E-state index contributed by atoms with van der Waals surface area (Å²) in [5.74, 6) is -0.163. The highest BCUT2D eigenvalue weighted by molar-refractivity contribution is 7.86. The van der Waals surface area contributed by atoms with Gasteiger partial charge in [0, 0.05) is 17.7 Å². The fourth-order valence-corrected chi connectivity index (χ4v) is 3.23. The molecule has 154 valence electrons. The van der Waals surface area contributed by atoms with Gasteiger partial charge in [0.15, 0.2) is 0 Å². The van der Waals surface area contributed by atoms with Crippen molar-refractivity contribution >= 4 is 45.4 Å². The smallest absolute Gasteiger partial charge is 0.295 e. The lowest BCUT2D eigenvalue weighted by Crippen LogP contribution is -2.01. The highest BCUT2D eigenvalue weighted by atomic mass is 32.2. The largest absolute Gasteiger partial charge is 0.740 e. The van der Waals surface area contributed by atoms with E-state index in [1.165, 1.54) is 67.0 Å². The molecule has 1 unspecified atom stereocenters. The van der Waals surface area contributed by atoms with Crippen molar-refractivity contribution in [2.24, 2.45) is 4.99 Å². The van der Waals surface area contributed by atoms with E-state index in [2.05, 4.69) is 13.9 Å². The first-order chi connectivity index (χ1) is 14.2. The molecule has 0 aliphatic carbocycles. The Morgan fingerprint density at radius 1 is 1.13 bits per heavy atom. The molecule has 0 aliphatic rings. The van der Waals surface area contributed by atoms with Gasteiger partial charge in [-0.2, -0.15) is 13.4 Å². The van der Waals surface area contributed by atoms with Crippen LogP contribution in [0.1, 0.15) is 11.1 Å². The minimum absolute atomic E-state index is 0.0664. The molecule has 2 aromatic rings. The molecule has 0 heterocycles. The van der Waals surface area contributed by atoms with Crippen molar-refractivity contribution in [3.8, 4) is 17.8 Å². The average Bonchev–Trinajstić information content (AvgIpc) is 2.66. The van der Waals surface area contributed by atoms with Crippen molar-refractivity contribution in [2.75, 3.05) is 0 Å². The van der Waals surface area contributed by atoms with E-state index in [-0.39, 0.29) is 22.7 Å². The van der Waals surface area contributed by atoms with E-state index in [0.717, 1.165) is 6.07 Å². The average molecular weight is 447 g/mol. The molecule has 0 aromatic heterocycles. The molecule has 0 fully saturated rings. The van der Waals surface area contributed by atoms with Gasteiger partial charge in [0.1, 0.15) is 27.8 Å². The fraction of sp³-hybridized carbons (Fsp3) is 0. The summed E-state index contributed by atoms with van der Waals surface area (Å²) in [6, 6.07) is 7.74. The number of isocyanates is 1. The van der Waals surface area contributed by atoms with Crippen LogP contribution in [0.4, 0.5) is 5.69 Å². The van der Waals surface area contributed by atoms with E-state index in [1.54, 1.807) is 0 Å². The molecule has 0 bridgehead atoms. The molecule has 0 radical (unpaired) electrons. The minimum atomic E-state index is -4.59. The molecule has 0 aliphatic heterocycles. The molecule has 0 amide bonds. The van der Waals surface area contributed by atoms with Crippen LogP contribution in [-0.2, 0) is 26.3 Å². The second-order valence-corrected chi connectivity index (χ2v) is 7.26. The van der Waals surface area contributed by atoms with Crippen LogP contribution in [0, 0.1) is 11.5 Å². The number of carbonyl (C=O) groups excluding carboxylic acids is 1. The van der Waals surface area contributed by atoms with Crippen molar-refractivity contribution in [2.45, 2.75) is 4.90 Å². The molecule has 2 aromatic carbocycles. The zero-order valence-electron chi connectivity index (χ0n) is 14.8. The number of nitrogens with zero attached hydrogens (tertiary/aromatic N) is 2. The fourth-order valence-electron chi connectivity index (χ4n) is 2.24. The van der Waals surface area contributed by atoms with Gasteiger partial charge in [0.2, 0.25) is 6.08 Å². The van der Waals surface area contributed by atoms with Crippen LogP contribution in [0.2, 0.25) is 0 Å². The molecule has 0 spiro atoms. The summed E-state index contributed by atoms with van der Waals surface area (Å²) in [7, 11) is -4.59. The first kappa shape index (κ1) is 22.7. The normalized spacial score (nSPS) is 12.3. The third-order valence-corrected chi connectivity index (χ3v) is 4.64. The molecule has 12 heteroatoms. The molecule has 2 rings (SSSR count). The summed E-state index contributed by atoms with van der Waals surface area (Å²) >= 11 is -2.86. The lowest BCUT2D eigenvalue weighted by molar-refractivity contribution is 0.440. The van der Waals surface area contributed by atoms with Gasteiger partial charge in [0.05, 0.1) is 5.69 Å². The van der Waals surface area contributed by atoms with Crippen LogP contribution < -0.4 is 8.92 Å². The van der Waals surface area contributed by atoms with Gasteiger partial charge in [-0.05, 0) is 29.8 Å². The SMILES string of the molecule is N#COc1ccc(/C=C/C=C/c2ccc(N=C=O)cc2OS(=O)[O-])c(S(=O)(=O)O)c1. The minimum Gasteiger partial charge on any atom is -0.740 e. The van der Waals surface area contributed by atoms with Crippen LogP contribution in [0.5, 0.6) is 11.5 Å². The number of ether oxygens (including phenoxy) is 1. The molecule has 0 saturated carbocycles. The summed E-state index contributed by atoms with van der Waals surface area (Å²) in [5.41, 5.74) is 0.567. The Labute approximate surface area is 173 Å². The Balaban J connectivity index is 2.34. The van der Waals surface area contributed by atoms with Crippen molar-refractivity contribution in [1.29, 1.82) is 5.26 Å². The number of rotatable bonds is 8. The Bertz CT molecular complexity index is 1220. The van der Waals surface area contributed by atoms with Crippen molar-refractivity contribution in [1.82, 2.24) is 0 Å². The number of nitriles is 1. The van der Waals surface area contributed by atoms with Gasteiger partial charge in [-0.3, -0.25) is 4.55 Å². The summed E-state index contributed by atoms with van der Waals surface area (Å²) in [6.07, 6.45) is 8.39. The van der Waals surface area contributed by atoms with Crippen LogP contribution in [0.15, 0.2) is 58.4 Å². The van der Waals surface area contributed by atoms with Crippen LogP contribution >= 0.6 is 0 Å². The highest BCUT2D eigenvalue weighted by Crippen LogP contribution is 2.27. The van der Waals surface area contributed by atoms with E-state index in [4.69, 9.17) is 5.26 Å². The summed E-state index contributed by atoms with van der Waals surface area (Å²) in [4.78, 5) is 13.2. The van der Waals surface area contributed by atoms with E-state index in [0.29, 0.717) is 5.56 Å².